The Morgan fingerprint density at radius 2 is 1.65 bits per heavy atom. The van der Waals surface area contributed by atoms with Gasteiger partial charge in [0.2, 0.25) is 0 Å². The summed E-state index contributed by atoms with van der Waals surface area (Å²) >= 11 is 0. The van der Waals surface area contributed by atoms with Crippen molar-refractivity contribution in [2.75, 3.05) is 26.8 Å². The minimum absolute atomic E-state index is 0.0208. The summed E-state index contributed by atoms with van der Waals surface area (Å²) in [5.41, 5.74) is -4.55. The van der Waals surface area contributed by atoms with Crippen LogP contribution in [0.2, 0.25) is 0 Å². The van der Waals surface area contributed by atoms with Gasteiger partial charge in [-0.15, -0.1) is 0 Å². The molecule has 0 spiro atoms. The standard InChI is InChI=1S/C28H31F5N2O5/c1-3-39-23(36)17-26(21(18-34)20-11-7-8-12-22(20)40-25(29)30)13-15-35(16-14-26)24(37)27(38-2,28(31,32)33)19-9-5-4-6-10-19/h4-12,18,21,25,34H,3,13-17H2,1-2H3/t21?,27-/m1/s1. The second-order valence-corrected chi connectivity index (χ2v) is 9.45. The van der Waals surface area contributed by atoms with Crippen LogP contribution in [0.4, 0.5) is 22.0 Å². The van der Waals surface area contributed by atoms with E-state index < -0.39 is 41.6 Å². The normalized spacial score (nSPS) is 17.6. The summed E-state index contributed by atoms with van der Waals surface area (Å²) in [6, 6.07) is 12.4. The number of ether oxygens (including phenoxy) is 3. The summed E-state index contributed by atoms with van der Waals surface area (Å²) in [6.45, 7) is -1.89. The molecule has 1 fully saturated rings. The van der Waals surface area contributed by atoms with Crippen LogP contribution in [0.3, 0.4) is 0 Å². The zero-order chi connectivity index (χ0) is 29.6. The lowest BCUT2D eigenvalue weighted by Crippen LogP contribution is -2.59. The molecule has 0 radical (unpaired) electrons. The van der Waals surface area contributed by atoms with Crippen molar-refractivity contribution < 1.29 is 45.8 Å². The summed E-state index contributed by atoms with van der Waals surface area (Å²) in [7, 11) is 0.818. The molecule has 1 aliphatic heterocycles. The van der Waals surface area contributed by atoms with E-state index in [0.717, 1.165) is 30.4 Å². The first-order valence-electron chi connectivity index (χ1n) is 12.6. The van der Waals surface area contributed by atoms with Gasteiger partial charge in [0.15, 0.2) is 0 Å². The van der Waals surface area contributed by atoms with Crippen LogP contribution in [-0.4, -0.2) is 62.6 Å². The average molecular weight is 571 g/mol. The van der Waals surface area contributed by atoms with E-state index in [1.54, 1.807) is 13.0 Å². The number of hydrogen-bond acceptors (Lipinski definition) is 6. The first-order valence-corrected chi connectivity index (χ1v) is 12.6. The first-order chi connectivity index (χ1) is 19.0. The Balaban J connectivity index is 2.00. The molecular weight excluding hydrogens is 539 g/mol. The van der Waals surface area contributed by atoms with E-state index in [1.165, 1.54) is 36.4 Å². The quantitative estimate of drug-likeness (QED) is 0.213. The van der Waals surface area contributed by atoms with Crippen LogP contribution in [0.1, 0.15) is 43.2 Å². The number of para-hydroxylation sites is 1. The van der Waals surface area contributed by atoms with Crippen molar-refractivity contribution in [3.63, 3.8) is 0 Å². The zero-order valence-corrected chi connectivity index (χ0v) is 22.0. The molecule has 2 aromatic rings. The summed E-state index contributed by atoms with van der Waals surface area (Å²) in [4.78, 5) is 27.3. The number of hydrogen-bond donors (Lipinski definition) is 1. The molecule has 218 valence electrons. The lowest BCUT2D eigenvalue weighted by Gasteiger charge is -2.47. The van der Waals surface area contributed by atoms with E-state index in [4.69, 9.17) is 14.9 Å². The molecule has 2 atom stereocenters. The van der Waals surface area contributed by atoms with Gasteiger partial charge in [0.1, 0.15) is 5.75 Å². The number of esters is 1. The summed E-state index contributed by atoms with van der Waals surface area (Å²) < 4.78 is 84.5. The van der Waals surface area contributed by atoms with E-state index >= 15 is 0 Å². The number of halogens is 5. The number of carbonyl (C=O) groups is 2. The Morgan fingerprint density at radius 3 is 2.17 bits per heavy atom. The lowest BCUT2D eigenvalue weighted by atomic mass is 9.64. The van der Waals surface area contributed by atoms with Gasteiger partial charge in [0.05, 0.1) is 13.0 Å². The first kappa shape index (κ1) is 31.0. The number of amides is 1. The van der Waals surface area contributed by atoms with Crippen molar-refractivity contribution in [3.8, 4) is 5.75 Å². The number of piperidine rings is 1. The SMILES string of the molecule is CCOC(=O)CC1(C(C=N)c2ccccc2OC(F)F)CCN(C(=O)[C@](OC)(c2ccccc2)C(F)(F)F)CC1. The number of methoxy groups -OCH3 is 1. The number of nitrogens with zero attached hydrogens (tertiary/aromatic N) is 1. The van der Waals surface area contributed by atoms with E-state index in [9.17, 15) is 31.5 Å². The number of likely N-dealkylation sites (tertiary alicyclic amines) is 1. The van der Waals surface area contributed by atoms with E-state index in [2.05, 4.69) is 4.74 Å². The van der Waals surface area contributed by atoms with Crippen molar-refractivity contribution >= 4 is 18.1 Å². The molecule has 1 saturated heterocycles. The molecule has 1 N–H and O–H groups in total. The molecule has 1 heterocycles. The van der Waals surface area contributed by atoms with Crippen LogP contribution in [-0.2, 0) is 24.7 Å². The average Bonchev–Trinajstić information content (AvgIpc) is 2.91. The van der Waals surface area contributed by atoms with Crippen molar-refractivity contribution in [2.24, 2.45) is 5.41 Å². The van der Waals surface area contributed by atoms with Crippen LogP contribution in [0, 0.1) is 10.8 Å². The Bertz CT molecular complexity index is 1170. The van der Waals surface area contributed by atoms with Crippen LogP contribution in [0.25, 0.3) is 0 Å². The zero-order valence-electron chi connectivity index (χ0n) is 22.0. The van der Waals surface area contributed by atoms with Crippen LogP contribution < -0.4 is 4.74 Å². The maximum atomic E-state index is 14.5. The minimum Gasteiger partial charge on any atom is -0.466 e. The maximum absolute atomic E-state index is 14.5. The molecule has 7 nitrogen and oxygen atoms in total. The topological polar surface area (TPSA) is 88.9 Å². The maximum Gasteiger partial charge on any atom is 0.430 e. The second kappa shape index (κ2) is 12.8. The predicted molar refractivity (Wildman–Crippen MR) is 135 cm³/mol. The largest absolute Gasteiger partial charge is 0.466 e. The molecule has 0 aromatic heterocycles. The summed E-state index contributed by atoms with van der Waals surface area (Å²) in [5.74, 6) is -3.06. The summed E-state index contributed by atoms with van der Waals surface area (Å²) in [5, 5.41) is 8.17. The third-order valence-corrected chi connectivity index (χ3v) is 7.33. The van der Waals surface area contributed by atoms with Crippen molar-refractivity contribution in [1.82, 2.24) is 4.90 Å². The smallest absolute Gasteiger partial charge is 0.430 e. The van der Waals surface area contributed by atoms with E-state index in [-0.39, 0.29) is 55.8 Å². The molecule has 0 aliphatic carbocycles. The highest BCUT2D eigenvalue weighted by molar-refractivity contribution is 5.88. The van der Waals surface area contributed by atoms with Gasteiger partial charge >= 0.3 is 18.8 Å². The fraction of sp³-hybridized carbons (Fsp3) is 0.464. The van der Waals surface area contributed by atoms with Gasteiger partial charge in [0.25, 0.3) is 11.5 Å². The highest BCUT2D eigenvalue weighted by Crippen LogP contribution is 2.50. The molecular formula is C28H31F5N2O5. The fourth-order valence-electron chi connectivity index (χ4n) is 5.41. The van der Waals surface area contributed by atoms with Gasteiger partial charge in [-0.25, -0.2) is 0 Å². The van der Waals surface area contributed by atoms with Crippen molar-refractivity contribution in [2.45, 2.75) is 50.5 Å². The van der Waals surface area contributed by atoms with E-state index in [1.807, 2.05) is 0 Å². The van der Waals surface area contributed by atoms with Crippen LogP contribution >= 0.6 is 0 Å². The highest BCUT2D eigenvalue weighted by atomic mass is 19.4. The number of benzene rings is 2. The number of carbonyl (C=O) groups excluding carboxylic acids is 2. The van der Waals surface area contributed by atoms with Gasteiger partial charge in [-0.3, -0.25) is 9.59 Å². The number of rotatable bonds is 11. The van der Waals surface area contributed by atoms with E-state index in [0.29, 0.717) is 0 Å². The molecule has 12 heteroatoms. The molecule has 0 saturated carbocycles. The van der Waals surface area contributed by atoms with Crippen LogP contribution in [0.15, 0.2) is 54.6 Å². The third-order valence-electron chi connectivity index (χ3n) is 7.33. The molecule has 40 heavy (non-hydrogen) atoms. The number of alkyl halides is 5. The molecule has 1 aliphatic rings. The Kier molecular flexibility index (Phi) is 9.88. The van der Waals surface area contributed by atoms with Gasteiger partial charge < -0.3 is 24.5 Å². The molecule has 1 unspecified atom stereocenters. The second-order valence-electron chi connectivity index (χ2n) is 9.45. The molecule has 2 aromatic carbocycles. The van der Waals surface area contributed by atoms with Gasteiger partial charge in [0, 0.05) is 43.5 Å². The van der Waals surface area contributed by atoms with Crippen molar-refractivity contribution in [3.05, 3.63) is 65.7 Å². The molecule has 3 rings (SSSR count). The lowest BCUT2D eigenvalue weighted by molar-refractivity contribution is -0.271. The monoisotopic (exact) mass is 570 g/mol. The predicted octanol–water partition coefficient (Wildman–Crippen LogP) is 5.69. The highest BCUT2D eigenvalue weighted by Gasteiger charge is 2.64. The molecule has 0 bridgehead atoms. The van der Waals surface area contributed by atoms with Gasteiger partial charge in [-0.2, -0.15) is 22.0 Å². The van der Waals surface area contributed by atoms with Crippen LogP contribution in [0.5, 0.6) is 5.75 Å². The number of nitrogens with one attached hydrogen (secondary N) is 1. The molecule has 1 amide bonds. The Hall–Kier alpha value is -3.54. The van der Waals surface area contributed by atoms with Crippen molar-refractivity contribution in [1.29, 1.82) is 5.41 Å². The summed E-state index contributed by atoms with van der Waals surface area (Å²) in [6.07, 6.45) is -4.38. The Morgan fingerprint density at radius 1 is 1.05 bits per heavy atom. The third kappa shape index (κ3) is 6.11. The van der Waals surface area contributed by atoms with Gasteiger partial charge in [-0.05, 0) is 31.2 Å². The van der Waals surface area contributed by atoms with Gasteiger partial charge in [-0.1, -0.05) is 48.5 Å². The minimum atomic E-state index is -5.09. The Labute approximate surface area is 228 Å². The fourth-order valence-corrected chi connectivity index (χ4v) is 5.41.